The molecule has 1 aromatic rings. The van der Waals surface area contributed by atoms with E-state index in [4.69, 9.17) is 0 Å². The van der Waals surface area contributed by atoms with Crippen LogP contribution in [0.3, 0.4) is 0 Å². The molecule has 0 unspecified atom stereocenters. The van der Waals surface area contributed by atoms with Crippen LogP contribution in [0, 0.1) is 0 Å². The number of piperidine rings is 1. The normalized spacial score (nSPS) is 21.6. The number of hydrogen-bond donors (Lipinski definition) is 0. The predicted octanol–water partition coefficient (Wildman–Crippen LogP) is 3.68. The quantitative estimate of drug-likeness (QED) is 0.802. The molecule has 0 radical (unpaired) electrons. The maximum atomic E-state index is 12.4. The molecule has 106 valence electrons. The van der Waals surface area contributed by atoms with Crippen LogP contribution in [0.2, 0.25) is 0 Å². The third-order valence-corrected chi connectivity index (χ3v) is 4.94. The second-order valence-electron chi connectivity index (χ2n) is 6.34. The van der Waals surface area contributed by atoms with Crippen molar-refractivity contribution in [1.29, 1.82) is 0 Å². The van der Waals surface area contributed by atoms with Gasteiger partial charge in [-0.25, -0.2) is 0 Å². The van der Waals surface area contributed by atoms with Gasteiger partial charge >= 0.3 is 0 Å². The largest absolute Gasteiger partial charge is 0.339 e. The molecule has 1 saturated heterocycles. The minimum Gasteiger partial charge on any atom is -0.339 e. The number of benzene rings is 1. The van der Waals surface area contributed by atoms with E-state index in [1.54, 1.807) is 0 Å². The molecule has 1 aliphatic carbocycles. The van der Waals surface area contributed by atoms with E-state index >= 15 is 0 Å². The van der Waals surface area contributed by atoms with Gasteiger partial charge in [-0.3, -0.25) is 4.79 Å². The summed E-state index contributed by atoms with van der Waals surface area (Å²) in [7, 11) is 0. The Morgan fingerprint density at radius 1 is 1.15 bits per heavy atom. The lowest BCUT2D eigenvalue weighted by Crippen LogP contribution is -2.44. The summed E-state index contributed by atoms with van der Waals surface area (Å²) in [6.45, 7) is 4.11. The molecule has 1 aromatic carbocycles. The van der Waals surface area contributed by atoms with E-state index in [1.807, 2.05) is 0 Å². The number of hydrogen-bond acceptors (Lipinski definition) is 1. The maximum Gasteiger partial charge on any atom is 0.249 e. The van der Waals surface area contributed by atoms with Gasteiger partial charge in [-0.05, 0) is 43.1 Å². The summed E-state index contributed by atoms with van der Waals surface area (Å²) in [6.07, 6.45) is 7.47. The highest BCUT2D eigenvalue weighted by molar-refractivity contribution is 5.93. The molecule has 2 aliphatic rings. The Balaban J connectivity index is 1.66. The standard InChI is InChI=1S/C18H23NO/c1-18(16-9-3-2-4-10-16)11-13-19(14-12-18)17(20)15-7-5-6-8-15/h2-4,7,9-10H,5-6,8,11-14H2,1H3. The zero-order valence-corrected chi connectivity index (χ0v) is 12.3. The van der Waals surface area contributed by atoms with Crippen molar-refractivity contribution in [1.82, 2.24) is 4.90 Å². The van der Waals surface area contributed by atoms with Crippen LogP contribution in [0.15, 0.2) is 42.0 Å². The van der Waals surface area contributed by atoms with Gasteiger partial charge in [0.15, 0.2) is 0 Å². The molecule has 2 nitrogen and oxygen atoms in total. The van der Waals surface area contributed by atoms with Crippen molar-refractivity contribution < 1.29 is 4.79 Å². The smallest absolute Gasteiger partial charge is 0.249 e. The molecule has 2 heteroatoms. The van der Waals surface area contributed by atoms with Crippen molar-refractivity contribution in [2.24, 2.45) is 0 Å². The fourth-order valence-corrected chi connectivity index (χ4v) is 3.40. The minimum atomic E-state index is 0.224. The van der Waals surface area contributed by atoms with Crippen LogP contribution in [0.25, 0.3) is 0 Å². The highest BCUT2D eigenvalue weighted by Gasteiger charge is 2.33. The Bertz CT molecular complexity index is 509. The molecule has 3 rings (SSSR count). The molecule has 0 N–H and O–H groups in total. The monoisotopic (exact) mass is 269 g/mol. The van der Waals surface area contributed by atoms with Crippen LogP contribution < -0.4 is 0 Å². The molecule has 1 fully saturated rings. The third kappa shape index (κ3) is 2.52. The van der Waals surface area contributed by atoms with Gasteiger partial charge in [0.05, 0.1) is 0 Å². The average Bonchev–Trinajstić information content (AvgIpc) is 3.02. The molecule has 1 heterocycles. The van der Waals surface area contributed by atoms with Crippen LogP contribution >= 0.6 is 0 Å². The molecule has 0 bridgehead atoms. The summed E-state index contributed by atoms with van der Waals surface area (Å²) in [5, 5.41) is 0. The lowest BCUT2D eigenvalue weighted by molar-refractivity contribution is -0.128. The van der Waals surface area contributed by atoms with E-state index in [2.05, 4.69) is 48.2 Å². The van der Waals surface area contributed by atoms with Gasteiger partial charge in [-0.1, -0.05) is 43.3 Å². The highest BCUT2D eigenvalue weighted by atomic mass is 16.2. The first-order chi connectivity index (χ1) is 9.69. The number of carbonyl (C=O) groups is 1. The summed E-state index contributed by atoms with van der Waals surface area (Å²) in [5.41, 5.74) is 2.68. The number of rotatable bonds is 2. The van der Waals surface area contributed by atoms with Gasteiger partial charge in [0.2, 0.25) is 5.91 Å². The highest BCUT2D eigenvalue weighted by Crippen LogP contribution is 2.35. The fraction of sp³-hybridized carbons (Fsp3) is 0.500. The van der Waals surface area contributed by atoms with Gasteiger partial charge in [-0.15, -0.1) is 0 Å². The lowest BCUT2D eigenvalue weighted by Gasteiger charge is -2.40. The van der Waals surface area contributed by atoms with Gasteiger partial charge in [0.25, 0.3) is 0 Å². The molecule has 1 aliphatic heterocycles. The number of carbonyl (C=O) groups excluding carboxylic acids is 1. The van der Waals surface area contributed by atoms with Crippen LogP contribution in [-0.2, 0) is 10.2 Å². The van der Waals surface area contributed by atoms with Crippen molar-refractivity contribution in [3.63, 3.8) is 0 Å². The zero-order chi connectivity index (χ0) is 14.0. The second-order valence-corrected chi connectivity index (χ2v) is 6.34. The Labute approximate surface area is 121 Å². The van der Waals surface area contributed by atoms with E-state index in [-0.39, 0.29) is 11.3 Å². The fourth-order valence-electron chi connectivity index (χ4n) is 3.40. The van der Waals surface area contributed by atoms with Crippen LogP contribution in [0.5, 0.6) is 0 Å². The minimum absolute atomic E-state index is 0.224. The lowest BCUT2D eigenvalue weighted by atomic mass is 9.74. The average molecular weight is 269 g/mol. The van der Waals surface area contributed by atoms with Gasteiger partial charge < -0.3 is 4.90 Å². The summed E-state index contributed by atoms with van der Waals surface area (Å²) < 4.78 is 0. The first-order valence-corrected chi connectivity index (χ1v) is 7.73. The number of likely N-dealkylation sites (tertiary alicyclic amines) is 1. The van der Waals surface area contributed by atoms with Crippen molar-refractivity contribution >= 4 is 5.91 Å². The maximum absolute atomic E-state index is 12.4. The van der Waals surface area contributed by atoms with E-state index in [0.717, 1.165) is 50.8 Å². The Morgan fingerprint density at radius 3 is 2.45 bits per heavy atom. The van der Waals surface area contributed by atoms with E-state index in [0.29, 0.717) is 0 Å². The van der Waals surface area contributed by atoms with E-state index < -0.39 is 0 Å². The van der Waals surface area contributed by atoms with Crippen molar-refractivity contribution in [3.05, 3.63) is 47.5 Å². The van der Waals surface area contributed by atoms with Crippen molar-refractivity contribution in [3.8, 4) is 0 Å². The predicted molar refractivity (Wildman–Crippen MR) is 81.5 cm³/mol. The molecular weight excluding hydrogens is 246 g/mol. The van der Waals surface area contributed by atoms with Crippen LogP contribution in [-0.4, -0.2) is 23.9 Å². The summed E-state index contributed by atoms with van der Waals surface area (Å²) >= 11 is 0. The molecule has 0 spiro atoms. The summed E-state index contributed by atoms with van der Waals surface area (Å²) in [4.78, 5) is 14.5. The number of nitrogens with zero attached hydrogens (tertiary/aromatic N) is 1. The molecule has 0 atom stereocenters. The van der Waals surface area contributed by atoms with Crippen LogP contribution in [0.4, 0.5) is 0 Å². The summed E-state index contributed by atoms with van der Waals surface area (Å²) in [6, 6.07) is 10.7. The molecule has 20 heavy (non-hydrogen) atoms. The molecule has 0 saturated carbocycles. The van der Waals surface area contributed by atoms with E-state index in [1.165, 1.54) is 5.56 Å². The SMILES string of the molecule is CC1(c2ccccc2)CCN(C(=O)C2=CCCC2)CC1. The second kappa shape index (κ2) is 5.43. The zero-order valence-electron chi connectivity index (χ0n) is 12.3. The molecular formula is C18H23NO. The number of amides is 1. The van der Waals surface area contributed by atoms with Crippen LogP contribution in [0.1, 0.15) is 44.6 Å². The van der Waals surface area contributed by atoms with Gasteiger partial charge in [0.1, 0.15) is 0 Å². The Hall–Kier alpha value is -1.57. The van der Waals surface area contributed by atoms with Crippen molar-refractivity contribution in [2.45, 2.75) is 44.4 Å². The van der Waals surface area contributed by atoms with E-state index in [9.17, 15) is 4.79 Å². The van der Waals surface area contributed by atoms with Gasteiger partial charge in [-0.2, -0.15) is 0 Å². The third-order valence-electron chi connectivity index (χ3n) is 4.94. The van der Waals surface area contributed by atoms with Crippen molar-refractivity contribution in [2.75, 3.05) is 13.1 Å². The topological polar surface area (TPSA) is 20.3 Å². The first kappa shape index (κ1) is 13.4. The van der Waals surface area contributed by atoms with Gasteiger partial charge in [0, 0.05) is 18.7 Å². The first-order valence-electron chi connectivity index (χ1n) is 7.73. The Morgan fingerprint density at radius 2 is 1.85 bits per heavy atom. The molecule has 1 amide bonds. The Kier molecular flexibility index (Phi) is 3.64. The summed E-state index contributed by atoms with van der Waals surface area (Å²) in [5.74, 6) is 0.289. The number of allylic oxidation sites excluding steroid dienone is 1. The molecule has 0 aromatic heterocycles.